The van der Waals surface area contributed by atoms with Crippen molar-refractivity contribution in [1.29, 1.82) is 0 Å². The van der Waals surface area contributed by atoms with Crippen LogP contribution < -0.4 is 5.32 Å². The van der Waals surface area contributed by atoms with Gasteiger partial charge in [0.25, 0.3) is 0 Å². The molecule has 0 aromatic heterocycles. The van der Waals surface area contributed by atoms with Gasteiger partial charge in [0.2, 0.25) is 11.8 Å². The Balaban J connectivity index is 1.65. The molecule has 0 spiro atoms. The van der Waals surface area contributed by atoms with Gasteiger partial charge in [-0.15, -0.1) is 0 Å². The minimum atomic E-state index is -0.449. The van der Waals surface area contributed by atoms with Crippen molar-refractivity contribution in [2.75, 3.05) is 19.8 Å². The maximum atomic E-state index is 12.7. The van der Waals surface area contributed by atoms with Crippen LogP contribution in [-0.2, 0) is 14.3 Å². The molecular formula is C15H24N2O3. The average Bonchev–Trinajstić information content (AvgIpc) is 3.03. The van der Waals surface area contributed by atoms with Crippen molar-refractivity contribution < 1.29 is 14.3 Å². The number of ether oxygens (including phenoxy) is 1. The maximum Gasteiger partial charge on any atom is 0.245 e. The topological polar surface area (TPSA) is 58.6 Å². The third kappa shape index (κ3) is 2.68. The minimum Gasteiger partial charge on any atom is -0.377 e. The highest BCUT2D eigenvalue weighted by Gasteiger charge is 2.49. The smallest absolute Gasteiger partial charge is 0.245 e. The van der Waals surface area contributed by atoms with Gasteiger partial charge in [0.15, 0.2) is 0 Å². The van der Waals surface area contributed by atoms with Crippen LogP contribution >= 0.6 is 0 Å². The summed E-state index contributed by atoms with van der Waals surface area (Å²) in [5.74, 6) is 1.80. The van der Waals surface area contributed by atoms with E-state index < -0.39 is 6.04 Å². The Morgan fingerprint density at radius 3 is 2.55 bits per heavy atom. The lowest BCUT2D eigenvalue weighted by Gasteiger charge is -2.36. The van der Waals surface area contributed by atoms with E-state index in [9.17, 15) is 9.59 Å². The lowest BCUT2D eigenvalue weighted by molar-refractivity contribution is -0.151. The third-order valence-electron chi connectivity index (χ3n) is 4.74. The number of nitrogens with zero attached hydrogens (tertiary/aromatic N) is 1. The molecular weight excluding hydrogens is 256 g/mol. The van der Waals surface area contributed by atoms with E-state index in [-0.39, 0.29) is 23.8 Å². The van der Waals surface area contributed by atoms with Crippen molar-refractivity contribution in [3.63, 3.8) is 0 Å². The first kappa shape index (κ1) is 13.9. The molecule has 2 amide bonds. The fourth-order valence-electron chi connectivity index (χ4n) is 3.62. The quantitative estimate of drug-likeness (QED) is 0.831. The van der Waals surface area contributed by atoms with Crippen LogP contribution in [0.5, 0.6) is 0 Å². The number of amides is 2. The summed E-state index contributed by atoms with van der Waals surface area (Å²) >= 11 is 0. The van der Waals surface area contributed by atoms with E-state index in [0.717, 1.165) is 24.7 Å². The first-order valence-electron chi connectivity index (χ1n) is 7.75. The molecule has 1 heterocycles. The van der Waals surface area contributed by atoms with Crippen LogP contribution in [-0.4, -0.2) is 48.6 Å². The number of hydrogen-bond donors (Lipinski definition) is 1. The molecule has 1 N–H and O–H groups in total. The molecule has 0 radical (unpaired) electrons. The van der Waals surface area contributed by atoms with E-state index in [2.05, 4.69) is 5.32 Å². The Morgan fingerprint density at radius 2 is 1.90 bits per heavy atom. The zero-order valence-corrected chi connectivity index (χ0v) is 12.3. The Bertz CT molecular complexity index is 400. The second-order valence-corrected chi connectivity index (χ2v) is 6.71. The van der Waals surface area contributed by atoms with Crippen molar-refractivity contribution in [2.45, 2.75) is 45.2 Å². The number of nitrogens with one attached hydrogen (secondary N) is 1. The molecule has 0 aromatic rings. The third-order valence-corrected chi connectivity index (χ3v) is 4.74. The van der Waals surface area contributed by atoms with Gasteiger partial charge < -0.3 is 15.0 Å². The predicted molar refractivity (Wildman–Crippen MR) is 73.9 cm³/mol. The van der Waals surface area contributed by atoms with Gasteiger partial charge in [-0.05, 0) is 44.9 Å². The summed E-state index contributed by atoms with van der Waals surface area (Å²) in [5, 5.41) is 2.89. The van der Waals surface area contributed by atoms with Gasteiger partial charge in [-0.3, -0.25) is 9.59 Å². The monoisotopic (exact) mass is 280 g/mol. The van der Waals surface area contributed by atoms with Crippen molar-refractivity contribution in [2.24, 2.45) is 17.8 Å². The molecule has 0 aromatic carbocycles. The number of rotatable bonds is 3. The van der Waals surface area contributed by atoms with Crippen LogP contribution in [0.25, 0.3) is 0 Å². The Kier molecular flexibility index (Phi) is 3.71. The molecule has 2 aliphatic carbocycles. The number of carbonyl (C=O) groups is 2. The highest BCUT2D eigenvalue weighted by molar-refractivity contribution is 5.89. The van der Waals surface area contributed by atoms with E-state index in [4.69, 9.17) is 4.74 Å². The van der Waals surface area contributed by atoms with Crippen LogP contribution in [0.3, 0.4) is 0 Å². The number of morpholine rings is 1. The first-order valence-corrected chi connectivity index (χ1v) is 7.75. The molecule has 3 unspecified atom stereocenters. The van der Waals surface area contributed by atoms with Crippen LogP contribution in [0.2, 0.25) is 0 Å². The average molecular weight is 280 g/mol. The normalized spacial score (nSPS) is 35.9. The molecule has 20 heavy (non-hydrogen) atoms. The molecule has 3 atom stereocenters. The second-order valence-electron chi connectivity index (χ2n) is 6.71. The second kappa shape index (κ2) is 5.35. The van der Waals surface area contributed by atoms with Gasteiger partial charge in [0.1, 0.15) is 6.04 Å². The van der Waals surface area contributed by atoms with Gasteiger partial charge in [0, 0.05) is 18.5 Å². The van der Waals surface area contributed by atoms with Crippen molar-refractivity contribution in [3.8, 4) is 0 Å². The van der Waals surface area contributed by atoms with Crippen molar-refractivity contribution >= 4 is 11.8 Å². The summed E-state index contributed by atoms with van der Waals surface area (Å²) in [6.07, 6.45) is 3.36. The van der Waals surface area contributed by atoms with E-state index in [1.54, 1.807) is 4.90 Å². The largest absolute Gasteiger partial charge is 0.377 e. The summed E-state index contributed by atoms with van der Waals surface area (Å²) in [6, 6.07) is -0.365. The lowest BCUT2D eigenvalue weighted by atomic mass is 10.00. The summed E-state index contributed by atoms with van der Waals surface area (Å²) in [6.45, 7) is 5.26. The van der Waals surface area contributed by atoms with Crippen LogP contribution in [0, 0.1) is 17.8 Å². The van der Waals surface area contributed by atoms with Gasteiger partial charge in [-0.25, -0.2) is 0 Å². The van der Waals surface area contributed by atoms with Gasteiger partial charge in [-0.2, -0.15) is 0 Å². The molecule has 3 aliphatic rings. The summed E-state index contributed by atoms with van der Waals surface area (Å²) in [5.41, 5.74) is 0. The number of carbonyl (C=O) groups excluding carboxylic acids is 2. The highest BCUT2D eigenvalue weighted by atomic mass is 16.5. The number of fused-ring (bicyclic) bond motifs is 1. The Morgan fingerprint density at radius 1 is 1.20 bits per heavy atom. The summed E-state index contributed by atoms with van der Waals surface area (Å²) in [7, 11) is 0. The van der Waals surface area contributed by atoms with Gasteiger partial charge in [-0.1, -0.05) is 0 Å². The Hall–Kier alpha value is -1.10. The fourth-order valence-corrected chi connectivity index (χ4v) is 3.62. The molecule has 3 fully saturated rings. The predicted octanol–water partition coefficient (Wildman–Crippen LogP) is 0.784. The maximum absolute atomic E-state index is 12.7. The lowest BCUT2D eigenvalue weighted by Crippen LogP contribution is -2.57. The minimum absolute atomic E-state index is 0.0838. The highest BCUT2D eigenvalue weighted by Crippen LogP contribution is 2.54. The van der Waals surface area contributed by atoms with E-state index >= 15 is 0 Å². The van der Waals surface area contributed by atoms with Crippen LogP contribution in [0.1, 0.15) is 33.1 Å². The molecule has 0 bridgehead atoms. The summed E-state index contributed by atoms with van der Waals surface area (Å²) in [4.78, 5) is 26.6. The van der Waals surface area contributed by atoms with E-state index in [0.29, 0.717) is 19.8 Å². The molecule has 5 nitrogen and oxygen atoms in total. The first-order chi connectivity index (χ1) is 9.56. The van der Waals surface area contributed by atoms with E-state index in [1.807, 2.05) is 13.8 Å². The van der Waals surface area contributed by atoms with Gasteiger partial charge in [0.05, 0.1) is 13.2 Å². The zero-order valence-electron chi connectivity index (χ0n) is 12.3. The van der Waals surface area contributed by atoms with Crippen LogP contribution in [0.4, 0.5) is 0 Å². The molecule has 3 rings (SSSR count). The molecule has 5 heteroatoms. The van der Waals surface area contributed by atoms with Crippen molar-refractivity contribution in [1.82, 2.24) is 10.2 Å². The fraction of sp³-hybridized carbons (Fsp3) is 0.867. The van der Waals surface area contributed by atoms with Gasteiger partial charge >= 0.3 is 0 Å². The molecule has 2 saturated carbocycles. The van der Waals surface area contributed by atoms with Crippen molar-refractivity contribution in [3.05, 3.63) is 0 Å². The van der Waals surface area contributed by atoms with E-state index in [1.165, 1.54) is 6.42 Å². The molecule has 1 saturated heterocycles. The summed E-state index contributed by atoms with van der Waals surface area (Å²) < 4.78 is 5.40. The Labute approximate surface area is 120 Å². The standard InChI is InChI=1S/C15H24N2O3/c1-9(2)16-14(18)13-8-20-4-3-17(13)15(19)12-6-10-5-11(10)7-12/h9-13H,3-8H2,1-2H3,(H,16,18). The molecule has 112 valence electrons. The SMILES string of the molecule is CC(C)NC(=O)C1COCCN1C(=O)C1CC2CC2C1. The van der Waals surface area contributed by atoms with Crippen LogP contribution in [0.15, 0.2) is 0 Å². The number of hydrogen-bond acceptors (Lipinski definition) is 3. The molecule has 1 aliphatic heterocycles. The zero-order chi connectivity index (χ0) is 14.3.